The first kappa shape index (κ1) is 15.0. The number of carbonyl (C=O) groups is 1. The summed E-state index contributed by atoms with van der Waals surface area (Å²) in [6.07, 6.45) is -0.961. The molecule has 1 aromatic carbocycles. The molecule has 0 spiro atoms. The van der Waals surface area contributed by atoms with E-state index in [9.17, 15) is 25.0 Å². The van der Waals surface area contributed by atoms with Crippen LogP contribution in [0.3, 0.4) is 0 Å². The summed E-state index contributed by atoms with van der Waals surface area (Å²) in [5, 5.41) is 22.1. The van der Waals surface area contributed by atoms with Gasteiger partial charge in [0.2, 0.25) is 12.3 Å². The summed E-state index contributed by atoms with van der Waals surface area (Å²) in [6, 6.07) is 7.82. The smallest absolute Gasteiger partial charge is 0.292 e. The summed E-state index contributed by atoms with van der Waals surface area (Å²) in [5.41, 5.74) is -1.83. The van der Waals surface area contributed by atoms with Gasteiger partial charge in [0.05, 0.1) is 25.6 Å². The summed E-state index contributed by atoms with van der Waals surface area (Å²) in [4.78, 5) is 33.3. The summed E-state index contributed by atoms with van der Waals surface area (Å²) < 4.78 is 4.98. The lowest BCUT2D eigenvalue weighted by molar-refractivity contribution is -0.566. The topological polar surface area (TPSA) is 116 Å². The third kappa shape index (κ3) is 3.40. The number of hydrogen-bond donors (Lipinski definition) is 0. The van der Waals surface area contributed by atoms with Crippen molar-refractivity contribution in [1.82, 2.24) is 0 Å². The highest BCUT2D eigenvalue weighted by Gasteiger charge is 2.55. The Morgan fingerprint density at radius 2 is 1.90 bits per heavy atom. The molecule has 8 nitrogen and oxygen atoms in total. The Morgan fingerprint density at radius 3 is 2.38 bits per heavy atom. The number of epoxide rings is 1. The van der Waals surface area contributed by atoms with Crippen LogP contribution < -0.4 is 0 Å². The van der Waals surface area contributed by atoms with Gasteiger partial charge in [-0.3, -0.25) is 25.0 Å². The fourth-order valence-corrected chi connectivity index (χ4v) is 2.25. The van der Waals surface area contributed by atoms with Crippen LogP contribution in [0.4, 0.5) is 0 Å². The lowest BCUT2D eigenvalue weighted by Gasteiger charge is -2.22. The maximum atomic E-state index is 12.6. The molecule has 0 radical (unpaired) electrons. The normalized spacial score (nSPS) is 19.5. The standard InChI is InChI=1S/C13H14N2O6/c16-12(10-4-2-1-3-5-10)13(15(19)20,6-7-14(17)18)8-11-9-21-11/h1-5,11H,6-9H2. The molecule has 1 aliphatic heterocycles. The SMILES string of the molecule is O=C(c1ccccc1)C(CC[N+](=O)[O-])(CC1CO1)[N+](=O)[O-]. The molecule has 2 atom stereocenters. The molecule has 0 aromatic heterocycles. The molecule has 1 aliphatic rings. The molecule has 0 saturated carbocycles. The highest BCUT2D eigenvalue weighted by Crippen LogP contribution is 2.31. The molecule has 0 aliphatic carbocycles. The number of Topliss-reactive ketones (excluding diaryl/α,β-unsaturated/α-hetero) is 1. The molecule has 21 heavy (non-hydrogen) atoms. The minimum atomic E-state index is -2.00. The third-order valence-electron chi connectivity index (χ3n) is 3.48. The van der Waals surface area contributed by atoms with E-state index in [-0.39, 0.29) is 18.1 Å². The van der Waals surface area contributed by atoms with Crippen LogP contribution in [-0.4, -0.2) is 40.4 Å². The zero-order valence-corrected chi connectivity index (χ0v) is 11.1. The summed E-state index contributed by atoms with van der Waals surface area (Å²) in [5.74, 6) is -0.703. The van der Waals surface area contributed by atoms with E-state index < -0.39 is 34.1 Å². The van der Waals surface area contributed by atoms with Crippen molar-refractivity contribution in [2.45, 2.75) is 24.5 Å². The zero-order chi connectivity index (χ0) is 15.5. The first-order valence-corrected chi connectivity index (χ1v) is 6.43. The minimum absolute atomic E-state index is 0.137. The van der Waals surface area contributed by atoms with E-state index in [1.54, 1.807) is 18.2 Å². The van der Waals surface area contributed by atoms with Crippen LogP contribution in [0.5, 0.6) is 0 Å². The monoisotopic (exact) mass is 294 g/mol. The van der Waals surface area contributed by atoms with Crippen molar-refractivity contribution in [2.24, 2.45) is 0 Å². The number of nitro groups is 2. The van der Waals surface area contributed by atoms with Gasteiger partial charge in [-0.25, -0.2) is 0 Å². The first-order chi connectivity index (χ1) is 9.95. The van der Waals surface area contributed by atoms with Crippen molar-refractivity contribution in [2.75, 3.05) is 13.2 Å². The Kier molecular flexibility index (Phi) is 4.27. The number of carbonyl (C=O) groups excluding carboxylic acids is 1. The molecular weight excluding hydrogens is 280 g/mol. The van der Waals surface area contributed by atoms with Crippen molar-refractivity contribution in [3.8, 4) is 0 Å². The van der Waals surface area contributed by atoms with E-state index in [2.05, 4.69) is 0 Å². The third-order valence-corrected chi connectivity index (χ3v) is 3.48. The maximum absolute atomic E-state index is 12.6. The summed E-state index contributed by atoms with van der Waals surface area (Å²) in [6.45, 7) is -0.289. The number of nitrogens with zero attached hydrogens (tertiary/aromatic N) is 2. The predicted octanol–water partition coefficient (Wildman–Crippen LogP) is 1.34. The molecule has 1 aromatic rings. The van der Waals surface area contributed by atoms with Crippen LogP contribution in [0.15, 0.2) is 30.3 Å². The quantitative estimate of drug-likeness (QED) is 0.309. The van der Waals surface area contributed by atoms with Gasteiger partial charge in [0.25, 0.3) is 5.54 Å². The van der Waals surface area contributed by atoms with Gasteiger partial charge in [-0.05, 0) is 0 Å². The van der Waals surface area contributed by atoms with Crippen LogP contribution in [-0.2, 0) is 4.74 Å². The van der Waals surface area contributed by atoms with E-state index in [1.165, 1.54) is 12.1 Å². The molecule has 0 N–H and O–H groups in total. The van der Waals surface area contributed by atoms with Crippen molar-refractivity contribution >= 4 is 5.78 Å². The van der Waals surface area contributed by atoms with Crippen LogP contribution in [0.1, 0.15) is 23.2 Å². The Hall–Kier alpha value is -2.35. The van der Waals surface area contributed by atoms with Crippen LogP contribution in [0.25, 0.3) is 0 Å². The second-order valence-corrected chi connectivity index (χ2v) is 4.95. The van der Waals surface area contributed by atoms with Crippen molar-refractivity contribution in [3.63, 3.8) is 0 Å². The number of ether oxygens (including phenoxy) is 1. The van der Waals surface area contributed by atoms with Gasteiger partial charge < -0.3 is 4.74 Å². The van der Waals surface area contributed by atoms with E-state index in [0.717, 1.165) is 0 Å². The first-order valence-electron chi connectivity index (χ1n) is 6.43. The highest BCUT2D eigenvalue weighted by molar-refractivity contribution is 6.02. The molecule has 112 valence electrons. The highest BCUT2D eigenvalue weighted by atomic mass is 16.6. The number of hydrogen-bond acceptors (Lipinski definition) is 6. The average Bonchev–Trinajstić information content (AvgIpc) is 3.27. The molecular formula is C13H14N2O6. The van der Waals surface area contributed by atoms with Crippen LogP contribution in [0, 0.1) is 20.2 Å². The minimum Gasteiger partial charge on any atom is -0.373 e. The van der Waals surface area contributed by atoms with Gasteiger partial charge >= 0.3 is 0 Å². The van der Waals surface area contributed by atoms with Gasteiger partial charge in [0.1, 0.15) is 0 Å². The Balaban J connectivity index is 2.34. The molecule has 1 heterocycles. The number of ketones is 1. The molecule has 0 bridgehead atoms. The average molecular weight is 294 g/mol. The van der Waals surface area contributed by atoms with E-state index in [4.69, 9.17) is 4.74 Å². The van der Waals surface area contributed by atoms with Crippen LogP contribution in [0.2, 0.25) is 0 Å². The predicted molar refractivity (Wildman–Crippen MR) is 71.3 cm³/mol. The second kappa shape index (κ2) is 5.96. The van der Waals surface area contributed by atoms with Crippen molar-refractivity contribution < 1.29 is 19.4 Å². The Labute approximate surface area is 120 Å². The van der Waals surface area contributed by atoms with Gasteiger partial charge in [0, 0.05) is 15.4 Å². The Bertz CT molecular complexity index is 557. The molecule has 1 saturated heterocycles. The van der Waals surface area contributed by atoms with Crippen LogP contribution >= 0.6 is 0 Å². The fraction of sp³-hybridized carbons (Fsp3) is 0.462. The lowest BCUT2D eigenvalue weighted by atomic mass is 9.82. The number of rotatable bonds is 8. The van der Waals surface area contributed by atoms with Gasteiger partial charge in [-0.2, -0.15) is 0 Å². The maximum Gasteiger partial charge on any atom is 0.292 e. The van der Waals surface area contributed by atoms with Crippen molar-refractivity contribution in [3.05, 3.63) is 56.1 Å². The van der Waals surface area contributed by atoms with Gasteiger partial charge in [-0.1, -0.05) is 30.3 Å². The Morgan fingerprint density at radius 1 is 1.29 bits per heavy atom. The lowest BCUT2D eigenvalue weighted by Crippen LogP contribution is -2.49. The largest absolute Gasteiger partial charge is 0.373 e. The van der Waals surface area contributed by atoms with E-state index in [0.29, 0.717) is 6.61 Å². The molecule has 0 amide bonds. The summed E-state index contributed by atoms with van der Waals surface area (Å²) >= 11 is 0. The van der Waals surface area contributed by atoms with E-state index in [1.807, 2.05) is 0 Å². The molecule has 1 fully saturated rings. The van der Waals surface area contributed by atoms with Crippen molar-refractivity contribution in [1.29, 1.82) is 0 Å². The fourth-order valence-electron chi connectivity index (χ4n) is 2.25. The number of benzene rings is 1. The zero-order valence-electron chi connectivity index (χ0n) is 11.1. The van der Waals surface area contributed by atoms with Gasteiger partial charge in [-0.15, -0.1) is 0 Å². The van der Waals surface area contributed by atoms with E-state index >= 15 is 0 Å². The molecule has 2 rings (SSSR count). The second-order valence-electron chi connectivity index (χ2n) is 4.95. The van der Waals surface area contributed by atoms with Gasteiger partial charge in [0.15, 0.2) is 0 Å². The molecule has 2 unspecified atom stereocenters. The summed E-state index contributed by atoms with van der Waals surface area (Å²) in [7, 11) is 0. The molecule has 8 heteroatoms.